The van der Waals surface area contributed by atoms with Gasteiger partial charge in [0.05, 0.1) is 0 Å². The molecule has 0 bridgehead atoms. The van der Waals surface area contributed by atoms with Crippen LogP contribution < -0.4 is 0 Å². The summed E-state index contributed by atoms with van der Waals surface area (Å²) in [7, 11) is 8.68. The second-order valence-electron chi connectivity index (χ2n) is 0.0680. The fourth-order valence-electron chi connectivity index (χ4n) is 0. The Labute approximate surface area is 42.0 Å². The molecule has 26 valence electrons. The summed E-state index contributed by atoms with van der Waals surface area (Å²) in [4.78, 5) is 0. The Morgan fingerprint density at radius 2 is 1.25 bits per heavy atom. The maximum atomic E-state index is 4.34. The predicted molar refractivity (Wildman–Crippen MR) is 21.9 cm³/mol. The summed E-state index contributed by atoms with van der Waals surface area (Å²) in [6, 6.07) is 0. The molecule has 0 unspecified atom stereocenters. The molecule has 0 nitrogen and oxygen atoms in total. The first-order valence-corrected chi connectivity index (χ1v) is 5.92. The van der Waals surface area contributed by atoms with Crippen LogP contribution in [0.25, 0.3) is 0 Å². The Bertz CT molecular complexity index is 27.0. The van der Waals surface area contributed by atoms with Crippen molar-refractivity contribution < 1.29 is 14.9 Å². The number of hydrogen-bond donors (Lipinski definition) is 0. The van der Waals surface area contributed by atoms with Gasteiger partial charge in [0.25, 0.3) is 0 Å². The van der Waals surface area contributed by atoms with Gasteiger partial charge in [-0.25, -0.2) is 0 Å². The number of rotatable bonds is 0. The molecule has 0 saturated heterocycles. The molecule has 0 heterocycles. The van der Waals surface area contributed by atoms with Crippen LogP contribution in [0.3, 0.4) is 0 Å². The molecule has 0 fully saturated rings. The Morgan fingerprint density at radius 3 is 1.25 bits per heavy atom. The van der Waals surface area contributed by atoms with E-state index < -0.39 is 0 Å². The summed E-state index contributed by atoms with van der Waals surface area (Å²) >= 11 is -0.363. The fourth-order valence-corrected chi connectivity index (χ4v) is 0. The van der Waals surface area contributed by atoms with Gasteiger partial charge in [-0.05, 0) is 0 Å². The van der Waals surface area contributed by atoms with E-state index >= 15 is 0 Å². The minimum absolute atomic E-state index is 0. The molecule has 0 aliphatic rings. The van der Waals surface area contributed by atoms with E-state index in [0.29, 0.717) is 0 Å². The molecule has 0 saturated carbocycles. The van der Waals surface area contributed by atoms with Crippen molar-refractivity contribution in [2.24, 2.45) is 0 Å². The van der Waals surface area contributed by atoms with Gasteiger partial charge in [-0.3, -0.25) is 0 Å². The summed E-state index contributed by atoms with van der Waals surface area (Å²) in [5.74, 6) is 0. The van der Waals surface area contributed by atoms with Crippen molar-refractivity contribution >= 4 is 19.6 Å². The number of hydrogen-bond acceptors (Lipinski definition) is 2. The molecule has 0 rings (SSSR count). The van der Waals surface area contributed by atoms with Gasteiger partial charge >= 0.3 is 34.6 Å². The average molecular weight is 176 g/mol. The van der Waals surface area contributed by atoms with Gasteiger partial charge in [0.15, 0.2) is 0 Å². The summed E-state index contributed by atoms with van der Waals surface area (Å²) in [5, 5.41) is 0. The van der Waals surface area contributed by atoms with Gasteiger partial charge in [-0.1, -0.05) is 7.43 Å². The average Bonchev–Trinajstić information content (AvgIpc) is 0.918. The van der Waals surface area contributed by atoms with Crippen LogP contribution in [0, 0.1) is 0 Å². The topological polar surface area (TPSA) is 0 Å². The van der Waals surface area contributed by atoms with Crippen LogP contribution in [0.1, 0.15) is 7.43 Å². The van der Waals surface area contributed by atoms with Crippen molar-refractivity contribution in [2.45, 2.75) is 7.43 Å². The second-order valence-corrected chi connectivity index (χ2v) is 3.62. The summed E-state index contributed by atoms with van der Waals surface area (Å²) in [6.07, 6.45) is 0. The zero-order valence-electron chi connectivity index (χ0n) is 1.22. The van der Waals surface area contributed by atoms with Gasteiger partial charge in [-0.15, -0.1) is 0 Å². The van der Waals surface area contributed by atoms with E-state index in [1.807, 2.05) is 0 Å². The Kier molecular flexibility index (Phi) is 19.9. The van der Waals surface area contributed by atoms with Gasteiger partial charge in [-0.2, -0.15) is 0 Å². The summed E-state index contributed by atoms with van der Waals surface area (Å²) in [6.45, 7) is 0. The molecule has 4 heavy (non-hydrogen) atoms. The van der Waals surface area contributed by atoms with Crippen LogP contribution in [0.4, 0.5) is 0 Å². The maximum absolute atomic E-state index is 4.34. The van der Waals surface area contributed by atoms with E-state index in [1.54, 1.807) is 0 Å². The first kappa shape index (κ1) is 8.93. The standard InChI is InChI=1S/CH4.Mo.2S/h1H4;;;. The zero-order chi connectivity index (χ0) is 2.71. The molecule has 0 aromatic carbocycles. The third kappa shape index (κ3) is 11.1. The molecule has 3 heteroatoms. The van der Waals surface area contributed by atoms with Crippen molar-refractivity contribution in [3.05, 3.63) is 0 Å². The molecular formula is CH4MoS2. The van der Waals surface area contributed by atoms with E-state index in [0.717, 1.165) is 0 Å². The van der Waals surface area contributed by atoms with E-state index in [9.17, 15) is 0 Å². The third-order valence-corrected chi connectivity index (χ3v) is 0. The van der Waals surface area contributed by atoms with Crippen LogP contribution in [-0.2, 0) is 14.9 Å². The molecule has 0 spiro atoms. The predicted octanol–water partition coefficient (Wildman–Crippen LogP) is 1.93. The van der Waals surface area contributed by atoms with E-state index in [-0.39, 0.29) is 22.4 Å². The Morgan fingerprint density at radius 1 is 1.25 bits per heavy atom. The molecule has 0 N–H and O–H groups in total. The van der Waals surface area contributed by atoms with E-state index in [1.165, 1.54) is 0 Å². The molecule has 0 aliphatic heterocycles. The third-order valence-electron chi connectivity index (χ3n) is 0. The quantitative estimate of drug-likeness (QED) is 0.517. The Hall–Kier alpha value is 1.13. The first-order chi connectivity index (χ1) is 1.41. The van der Waals surface area contributed by atoms with Crippen molar-refractivity contribution in [2.75, 3.05) is 0 Å². The monoisotopic (exact) mass is 178 g/mol. The van der Waals surface area contributed by atoms with Crippen molar-refractivity contribution in [3.8, 4) is 0 Å². The van der Waals surface area contributed by atoms with Gasteiger partial charge in [0.1, 0.15) is 0 Å². The Balaban J connectivity index is 0. The molecule has 0 aromatic heterocycles. The van der Waals surface area contributed by atoms with Crippen LogP contribution >= 0.6 is 19.6 Å². The molecule has 0 amide bonds. The van der Waals surface area contributed by atoms with Gasteiger partial charge in [0, 0.05) is 0 Å². The molecule has 0 aromatic rings. The normalized spacial score (nSPS) is 3.00. The van der Waals surface area contributed by atoms with E-state index in [2.05, 4.69) is 19.6 Å². The molecule has 0 radical (unpaired) electrons. The van der Waals surface area contributed by atoms with Crippen LogP contribution in [-0.4, -0.2) is 0 Å². The molecule has 0 aliphatic carbocycles. The van der Waals surface area contributed by atoms with Crippen molar-refractivity contribution in [1.82, 2.24) is 0 Å². The zero-order valence-corrected chi connectivity index (χ0v) is 4.86. The minimum atomic E-state index is -0.363. The van der Waals surface area contributed by atoms with Crippen LogP contribution in [0.5, 0.6) is 0 Å². The van der Waals surface area contributed by atoms with E-state index in [4.69, 9.17) is 0 Å². The first-order valence-electron chi connectivity index (χ1n) is 0.333. The van der Waals surface area contributed by atoms with Crippen LogP contribution in [0.15, 0.2) is 0 Å². The van der Waals surface area contributed by atoms with Gasteiger partial charge in [0.2, 0.25) is 0 Å². The summed E-state index contributed by atoms with van der Waals surface area (Å²) in [5.41, 5.74) is 0. The molecular weight excluding hydrogens is 172 g/mol. The fraction of sp³-hybridized carbons (Fsp3) is 1.00. The molecule has 0 atom stereocenters. The van der Waals surface area contributed by atoms with Crippen molar-refractivity contribution in [1.29, 1.82) is 0 Å². The SMILES string of the molecule is C.[S]=[Mo]=[S]. The van der Waals surface area contributed by atoms with Crippen LogP contribution in [0.2, 0.25) is 0 Å². The second kappa shape index (κ2) is 8.92. The van der Waals surface area contributed by atoms with Gasteiger partial charge < -0.3 is 0 Å². The summed E-state index contributed by atoms with van der Waals surface area (Å²) < 4.78 is 0. The van der Waals surface area contributed by atoms with Crippen molar-refractivity contribution in [3.63, 3.8) is 0 Å².